The van der Waals surface area contributed by atoms with Crippen molar-refractivity contribution in [3.05, 3.63) is 23.3 Å². The van der Waals surface area contributed by atoms with E-state index in [-0.39, 0.29) is 0 Å². The number of allylic oxidation sites excluding steroid dienone is 2. The molecule has 2 N–H and O–H groups in total. The lowest BCUT2D eigenvalue weighted by atomic mass is 9.95. The van der Waals surface area contributed by atoms with Crippen LogP contribution in [0.1, 0.15) is 98.8 Å². The summed E-state index contributed by atoms with van der Waals surface area (Å²) in [7, 11) is 0. The van der Waals surface area contributed by atoms with E-state index in [4.69, 9.17) is 10.2 Å². The third-order valence-corrected chi connectivity index (χ3v) is 4.48. The highest BCUT2D eigenvalue weighted by Crippen LogP contribution is 2.17. The lowest BCUT2D eigenvalue weighted by Crippen LogP contribution is -2.00. The summed E-state index contributed by atoms with van der Waals surface area (Å²) in [5.74, 6) is -0.940. The van der Waals surface area contributed by atoms with Crippen molar-refractivity contribution in [1.82, 2.24) is 0 Å². The molecule has 0 bridgehead atoms. The molecule has 0 aromatic rings. The topological polar surface area (TPSA) is 74.6 Å². The SMILES string of the molecule is CCCCC(CC)CC=C(C)C(=O)O.CCCCCCC=C(C)C(=O)O. The van der Waals surface area contributed by atoms with Gasteiger partial charge in [-0.25, -0.2) is 9.59 Å². The highest BCUT2D eigenvalue weighted by atomic mass is 16.4. The van der Waals surface area contributed by atoms with Crippen molar-refractivity contribution >= 4 is 11.9 Å². The van der Waals surface area contributed by atoms with Gasteiger partial charge >= 0.3 is 11.9 Å². The normalized spacial score (nSPS) is 13.0. The van der Waals surface area contributed by atoms with Gasteiger partial charge in [-0.15, -0.1) is 0 Å². The minimum absolute atomic E-state index is 0.464. The Labute approximate surface area is 160 Å². The van der Waals surface area contributed by atoms with Crippen LogP contribution in [0.2, 0.25) is 0 Å². The monoisotopic (exact) mass is 368 g/mol. The van der Waals surface area contributed by atoms with Crippen LogP contribution in [-0.2, 0) is 9.59 Å². The number of unbranched alkanes of at least 4 members (excludes halogenated alkanes) is 5. The molecule has 0 aliphatic heterocycles. The van der Waals surface area contributed by atoms with Crippen molar-refractivity contribution in [1.29, 1.82) is 0 Å². The van der Waals surface area contributed by atoms with Gasteiger partial charge in [-0.05, 0) is 39.0 Å². The lowest BCUT2D eigenvalue weighted by Gasteiger charge is -2.11. The average Bonchev–Trinajstić information content (AvgIpc) is 2.61. The maximum absolute atomic E-state index is 10.5. The van der Waals surface area contributed by atoms with Gasteiger partial charge in [-0.3, -0.25) is 0 Å². The minimum atomic E-state index is -0.800. The van der Waals surface area contributed by atoms with Crippen molar-refractivity contribution in [2.24, 2.45) is 5.92 Å². The number of aliphatic carboxylic acids is 2. The molecule has 0 aromatic carbocycles. The second-order valence-electron chi connectivity index (χ2n) is 6.89. The van der Waals surface area contributed by atoms with Gasteiger partial charge in [0.1, 0.15) is 0 Å². The van der Waals surface area contributed by atoms with Crippen molar-refractivity contribution in [3.63, 3.8) is 0 Å². The van der Waals surface area contributed by atoms with Crippen LogP contribution in [0.15, 0.2) is 23.3 Å². The number of carboxylic acid groups (broad SMARTS) is 2. The first-order valence-electron chi connectivity index (χ1n) is 10.1. The van der Waals surface area contributed by atoms with Crippen molar-refractivity contribution < 1.29 is 19.8 Å². The van der Waals surface area contributed by atoms with Crippen LogP contribution < -0.4 is 0 Å². The quantitative estimate of drug-likeness (QED) is 0.283. The summed E-state index contributed by atoms with van der Waals surface area (Å²) < 4.78 is 0. The fourth-order valence-electron chi connectivity index (χ4n) is 2.39. The molecule has 0 saturated carbocycles. The fourth-order valence-corrected chi connectivity index (χ4v) is 2.39. The van der Waals surface area contributed by atoms with Crippen LogP contribution in [0.3, 0.4) is 0 Å². The van der Waals surface area contributed by atoms with Gasteiger partial charge in [0, 0.05) is 11.1 Å². The lowest BCUT2D eigenvalue weighted by molar-refractivity contribution is -0.133. The number of hydrogen-bond donors (Lipinski definition) is 2. The molecule has 0 radical (unpaired) electrons. The van der Waals surface area contributed by atoms with E-state index in [1.807, 2.05) is 6.08 Å². The summed E-state index contributed by atoms with van der Waals surface area (Å²) in [6.45, 7) is 9.82. The molecule has 0 rings (SSSR count). The first kappa shape index (κ1) is 26.6. The van der Waals surface area contributed by atoms with E-state index in [2.05, 4.69) is 20.8 Å². The maximum Gasteiger partial charge on any atom is 0.330 e. The Morgan fingerprint density at radius 3 is 1.81 bits per heavy atom. The molecule has 0 heterocycles. The number of carboxylic acids is 2. The molecule has 0 aromatic heterocycles. The van der Waals surface area contributed by atoms with Gasteiger partial charge in [0.05, 0.1) is 0 Å². The zero-order chi connectivity index (χ0) is 20.4. The van der Waals surface area contributed by atoms with Crippen molar-refractivity contribution in [2.45, 2.75) is 98.8 Å². The Morgan fingerprint density at radius 2 is 1.35 bits per heavy atom. The summed E-state index contributed by atoms with van der Waals surface area (Å²) in [5.41, 5.74) is 0.937. The molecule has 4 heteroatoms. The zero-order valence-electron chi connectivity index (χ0n) is 17.5. The Kier molecular flexibility index (Phi) is 18.7. The van der Waals surface area contributed by atoms with Crippen molar-refractivity contribution in [3.8, 4) is 0 Å². The molecule has 0 aliphatic rings. The predicted octanol–water partition coefficient (Wildman–Crippen LogP) is 6.61. The third-order valence-electron chi connectivity index (χ3n) is 4.48. The third kappa shape index (κ3) is 17.2. The molecule has 1 unspecified atom stereocenters. The van der Waals surface area contributed by atoms with Crippen LogP contribution in [0.5, 0.6) is 0 Å². The molecule has 0 amide bonds. The second kappa shape index (κ2) is 18.2. The summed E-state index contributed by atoms with van der Waals surface area (Å²) in [5, 5.41) is 17.2. The molecule has 0 spiro atoms. The maximum atomic E-state index is 10.5. The van der Waals surface area contributed by atoms with E-state index in [9.17, 15) is 9.59 Å². The molecule has 4 nitrogen and oxygen atoms in total. The number of hydrogen-bond acceptors (Lipinski definition) is 2. The van der Waals surface area contributed by atoms with Crippen molar-refractivity contribution in [2.75, 3.05) is 0 Å². The van der Waals surface area contributed by atoms with Gasteiger partial charge in [0.15, 0.2) is 0 Å². The highest BCUT2D eigenvalue weighted by Gasteiger charge is 2.05. The second-order valence-corrected chi connectivity index (χ2v) is 6.89. The van der Waals surface area contributed by atoms with Gasteiger partial charge in [0.25, 0.3) is 0 Å². The van der Waals surface area contributed by atoms with E-state index in [0.717, 1.165) is 25.7 Å². The van der Waals surface area contributed by atoms with E-state index >= 15 is 0 Å². The Hall–Kier alpha value is -1.58. The van der Waals surface area contributed by atoms with E-state index in [0.29, 0.717) is 17.1 Å². The van der Waals surface area contributed by atoms with Crippen LogP contribution in [0.4, 0.5) is 0 Å². The van der Waals surface area contributed by atoms with Crippen LogP contribution in [-0.4, -0.2) is 22.2 Å². The smallest absolute Gasteiger partial charge is 0.330 e. The van der Waals surface area contributed by atoms with Gasteiger partial charge in [-0.1, -0.05) is 77.9 Å². The zero-order valence-corrected chi connectivity index (χ0v) is 17.5. The van der Waals surface area contributed by atoms with Gasteiger partial charge < -0.3 is 10.2 Å². The van der Waals surface area contributed by atoms with Gasteiger partial charge in [-0.2, -0.15) is 0 Å². The molecule has 0 saturated heterocycles. The predicted molar refractivity (Wildman–Crippen MR) is 109 cm³/mol. The Morgan fingerprint density at radius 1 is 0.808 bits per heavy atom. The van der Waals surface area contributed by atoms with Crippen LogP contribution in [0.25, 0.3) is 0 Å². The standard InChI is InChI=1S/C12H22O2.C10H18O2/c1-4-6-7-11(5-2)9-8-10(3)12(13)14;1-3-4-5-6-7-8-9(2)10(11)12/h8,11H,4-7,9H2,1-3H3,(H,13,14);8H,3-7H2,1-2H3,(H,11,12). The van der Waals surface area contributed by atoms with Gasteiger partial charge in [0.2, 0.25) is 0 Å². The minimum Gasteiger partial charge on any atom is -0.478 e. The highest BCUT2D eigenvalue weighted by molar-refractivity contribution is 5.86. The Bertz CT molecular complexity index is 435. The van der Waals surface area contributed by atoms with Crippen LogP contribution in [0, 0.1) is 5.92 Å². The van der Waals surface area contributed by atoms with Crippen LogP contribution >= 0.6 is 0 Å². The molecule has 152 valence electrons. The van der Waals surface area contributed by atoms with E-state index < -0.39 is 11.9 Å². The summed E-state index contributed by atoms with van der Waals surface area (Å²) in [4.78, 5) is 20.9. The summed E-state index contributed by atoms with van der Waals surface area (Å²) in [6, 6.07) is 0. The molecule has 1 atom stereocenters. The molecule has 26 heavy (non-hydrogen) atoms. The largest absolute Gasteiger partial charge is 0.478 e. The molecular weight excluding hydrogens is 328 g/mol. The fraction of sp³-hybridized carbons (Fsp3) is 0.727. The summed E-state index contributed by atoms with van der Waals surface area (Å²) in [6.07, 6.45) is 15.1. The van der Waals surface area contributed by atoms with E-state index in [1.165, 1.54) is 38.5 Å². The first-order valence-corrected chi connectivity index (χ1v) is 10.1. The summed E-state index contributed by atoms with van der Waals surface area (Å²) >= 11 is 0. The van der Waals surface area contributed by atoms with E-state index in [1.54, 1.807) is 19.9 Å². The molecule has 0 aliphatic carbocycles. The number of rotatable bonds is 13. The average molecular weight is 369 g/mol. The Balaban J connectivity index is 0. The number of carbonyl (C=O) groups is 2. The molecular formula is C22H40O4. The molecule has 0 fully saturated rings. The first-order chi connectivity index (χ1) is 12.3.